The highest BCUT2D eigenvalue weighted by molar-refractivity contribution is 7.89. The molecule has 0 aliphatic carbocycles. The number of aliphatic hydroxyl groups is 1. The van der Waals surface area contributed by atoms with Crippen LogP contribution >= 0.6 is 0 Å². The largest absolute Gasteiger partial charge is 0.480 e. The Bertz CT molecular complexity index is 557. The molecular formula is C10H12FNO5S. The number of aliphatic carboxylic acids is 1. The van der Waals surface area contributed by atoms with Gasteiger partial charge in [0.2, 0.25) is 10.0 Å². The molecule has 0 spiro atoms. The van der Waals surface area contributed by atoms with Gasteiger partial charge in [-0.2, -0.15) is 4.72 Å². The lowest BCUT2D eigenvalue weighted by Crippen LogP contribution is -2.43. The Morgan fingerprint density at radius 2 is 2.11 bits per heavy atom. The van der Waals surface area contributed by atoms with Crippen molar-refractivity contribution in [1.29, 1.82) is 0 Å². The molecule has 1 aromatic rings. The number of nitrogens with one attached hydrogen (secondary N) is 1. The molecule has 100 valence electrons. The van der Waals surface area contributed by atoms with Gasteiger partial charge in [-0.05, 0) is 30.7 Å². The van der Waals surface area contributed by atoms with Crippen molar-refractivity contribution in [2.45, 2.75) is 17.9 Å². The molecule has 3 N–H and O–H groups in total. The maximum absolute atomic E-state index is 12.8. The van der Waals surface area contributed by atoms with Crippen LogP contribution in [0.3, 0.4) is 0 Å². The molecule has 0 aromatic heterocycles. The van der Waals surface area contributed by atoms with Crippen molar-refractivity contribution in [2.24, 2.45) is 0 Å². The first-order chi connectivity index (χ1) is 8.27. The lowest BCUT2D eigenvalue weighted by molar-refractivity contribution is -0.139. The Balaban J connectivity index is 3.10. The number of aryl methyl sites for hydroxylation is 1. The van der Waals surface area contributed by atoms with Gasteiger partial charge in [-0.25, -0.2) is 12.8 Å². The normalized spacial score (nSPS) is 13.3. The lowest BCUT2D eigenvalue weighted by Gasteiger charge is -2.13. The molecule has 0 saturated carbocycles. The van der Waals surface area contributed by atoms with Crippen LogP contribution in [0.1, 0.15) is 5.56 Å². The molecule has 1 atom stereocenters. The first-order valence-corrected chi connectivity index (χ1v) is 6.38. The quantitative estimate of drug-likeness (QED) is 0.695. The van der Waals surface area contributed by atoms with Crippen LogP contribution in [0.25, 0.3) is 0 Å². The van der Waals surface area contributed by atoms with Gasteiger partial charge in [-0.3, -0.25) is 4.79 Å². The Morgan fingerprint density at radius 3 is 2.56 bits per heavy atom. The van der Waals surface area contributed by atoms with Crippen molar-refractivity contribution >= 4 is 16.0 Å². The summed E-state index contributed by atoms with van der Waals surface area (Å²) < 4.78 is 38.3. The topological polar surface area (TPSA) is 104 Å². The van der Waals surface area contributed by atoms with Crippen LogP contribution in [0.2, 0.25) is 0 Å². The minimum Gasteiger partial charge on any atom is -0.480 e. The van der Waals surface area contributed by atoms with Gasteiger partial charge in [0.25, 0.3) is 0 Å². The van der Waals surface area contributed by atoms with Crippen LogP contribution in [0.15, 0.2) is 23.1 Å². The summed E-state index contributed by atoms with van der Waals surface area (Å²) in [7, 11) is -4.12. The highest BCUT2D eigenvalue weighted by Gasteiger charge is 2.25. The van der Waals surface area contributed by atoms with E-state index in [-0.39, 0.29) is 10.5 Å². The molecule has 0 saturated heterocycles. The highest BCUT2D eigenvalue weighted by atomic mass is 32.2. The van der Waals surface area contributed by atoms with E-state index >= 15 is 0 Å². The predicted octanol–water partition coefficient (Wildman–Crippen LogP) is -0.142. The summed E-state index contributed by atoms with van der Waals surface area (Å²) in [6.45, 7) is 0.501. The molecule has 6 nitrogen and oxygen atoms in total. The number of aliphatic hydroxyl groups excluding tert-OH is 1. The van der Waals surface area contributed by atoms with Gasteiger partial charge >= 0.3 is 5.97 Å². The summed E-state index contributed by atoms with van der Waals surface area (Å²) in [5.41, 5.74) is 0.143. The summed E-state index contributed by atoms with van der Waals surface area (Å²) in [6, 6.07) is 1.36. The van der Waals surface area contributed by atoms with Crippen molar-refractivity contribution < 1.29 is 27.8 Å². The van der Waals surface area contributed by atoms with Crippen molar-refractivity contribution in [3.8, 4) is 0 Å². The molecule has 0 heterocycles. The SMILES string of the molecule is Cc1cc(F)ccc1S(=O)(=O)N[C@H](CO)C(=O)O. The van der Waals surface area contributed by atoms with E-state index in [1.54, 1.807) is 0 Å². The third-order valence-electron chi connectivity index (χ3n) is 2.20. The average molecular weight is 277 g/mol. The zero-order valence-corrected chi connectivity index (χ0v) is 10.2. The van der Waals surface area contributed by atoms with E-state index in [4.69, 9.17) is 10.2 Å². The Labute approximate surface area is 103 Å². The molecule has 0 aliphatic rings. The fourth-order valence-electron chi connectivity index (χ4n) is 1.33. The third-order valence-corrected chi connectivity index (χ3v) is 3.84. The molecule has 0 fully saturated rings. The minimum atomic E-state index is -4.12. The molecule has 8 heteroatoms. The molecule has 0 bridgehead atoms. The number of carboxylic acids is 1. The maximum atomic E-state index is 12.8. The number of rotatable bonds is 5. The second kappa shape index (κ2) is 5.42. The number of benzene rings is 1. The molecule has 0 amide bonds. The van der Waals surface area contributed by atoms with E-state index in [2.05, 4.69) is 0 Å². The molecular weight excluding hydrogens is 265 g/mol. The van der Waals surface area contributed by atoms with Gasteiger partial charge in [-0.15, -0.1) is 0 Å². The lowest BCUT2D eigenvalue weighted by atomic mass is 10.2. The van der Waals surface area contributed by atoms with Gasteiger partial charge in [0.1, 0.15) is 11.9 Å². The molecule has 1 aromatic carbocycles. The van der Waals surface area contributed by atoms with E-state index in [9.17, 15) is 17.6 Å². The van der Waals surface area contributed by atoms with E-state index in [1.807, 2.05) is 4.72 Å². The number of carboxylic acid groups (broad SMARTS) is 1. The van der Waals surface area contributed by atoms with E-state index in [0.717, 1.165) is 18.2 Å². The molecule has 0 radical (unpaired) electrons. The van der Waals surface area contributed by atoms with Gasteiger partial charge < -0.3 is 10.2 Å². The summed E-state index contributed by atoms with van der Waals surface area (Å²) in [6.07, 6.45) is 0. The zero-order valence-electron chi connectivity index (χ0n) is 9.42. The highest BCUT2D eigenvalue weighted by Crippen LogP contribution is 2.16. The van der Waals surface area contributed by atoms with Crippen molar-refractivity contribution in [2.75, 3.05) is 6.61 Å². The Kier molecular flexibility index (Phi) is 4.38. The molecule has 0 unspecified atom stereocenters. The van der Waals surface area contributed by atoms with Crippen molar-refractivity contribution in [3.63, 3.8) is 0 Å². The molecule has 1 rings (SSSR count). The fraction of sp³-hybridized carbons (Fsp3) is 0.300. The second-order valence-electron chi connectivity index (χ2n) is 3.60. The summed E-state index contributed by atoms with van der Waals surface area (Å²) in [5.74, 6) is -2.09. The number of hydrogen-bond acceptors (Lipinski definition) is 4. The Hall–Kier alpha value is -1.51. The van der Waals surface area contributed by atoms with Crippen molar-refractivity contribution in [1.82, 2.24) is 4.72 Å². The van der Waals surface area contributed by atoms with E-state index in [0.29, 0.717) is 0 Å². The number of sulfonamides is 1. The molecule has 0 aliphatic heterocycles. The Morgan fingerprint density at radius 1 is 1.50 bits per heavy atom. The smallest absolute Gasteiger partial charge is 0.324 e. The van der Waals surface area contributed by atoms with E-state index in [1.165, 1.54) is 6.92 Å². The van der Waals surface area contributed by atoms with Crippen LogP contribution in [0.4, 0.5) is 4.39 Å². The minimum absolute atomic E-state index is 0.143. The van der Waals surface area contributed by atoms with Gasteiger partial charge in [0.05, 0.1) is 11.5 Å². The maximum Gasteiger partial charge on any atom is 0.324 e. The van der Waals surface area contributed by atoms with Gasteiger partial charge in [0.15, 0.2) is 0 Å². The van der Waals surface area contributed by atoms with Crippen LogP contribution in [-0.4, -0.2) is 37.2 Å². The van der Waals surface area contributed by atoms with E-state index < -0.39 is 34.5 Å². The summed E-state index contributed by atoms with van der Waals surface area (Å²) >= 11 is 0. The second-order valence-corrected chi connectivity index (χ2v) is 5.29. The van der Waals surface area contributed by atoms with Crippen LogP contribution < -0.4 is 4.72 Å². The molecule has 18 heavy (non-hydrogen) atoms. The van der Waals surface area contributed by atoms with Gasteiger partial charge in [0, 0.05) is 0 Å². The number of hydrogen-bond donors (Lipinski definition) is 3. The predicted molar refractivity (Wildman–Crippen MR) is 60.0 cm³/mol. The zero-order chi connectivity index (χ0) is 13.9. The number of halogens is 1. The summed E-state index contributed by atoms with van der Waals surface area (Å²) in [5, 5.41) is 17.4. The standard InChI is InChI=1S/C10H12FNO5S/c1-6-4-7(11)2-3-9(6)18(16,17)12-8(5-13)10(14)15/h2-4,8,12-13H,5H2,1H3,(H,14,15)/t8-/m1/s1. The fourth-order valence-corrected chi connectivity index (χ4v) is 2.74. The van der Waals surface area contributed by atoms with Crippen molar-refractivity contribution in [3.05, 3.63) is 29.6 Å². The van der Waals surface area contributed by atoms with Crippen LogP contribution in [0.5, 0.6) is 0 Å². The third kappa shape index (κ3) is 3.25. The first kappa shape index (κ1) is 14.6. The van der Waals surface area contributed by atoms with Crippen LogP contribution in [0, 0.1) is 12.7 Å². The van der Waals surface area contributed by atoms with Gasteiger partial charge in [-0.1, -0.05) is 0 Å². The monoisotopic (exact) mass is 277 g/mol. The first-order valence-electron chi connectivity index (χ1n) is 4.90. The average Bonchev–Trinajstić information content (AvgIpc) is 2.24. The van der Waals surface area contributed by atoms with Crippen LogP contribution in [-0.2, 0) is 14.8 Å². The number of carbonyl (C=O) groups is 1. The summed E-state index contributed by atoms with van der Waals surface area (Å²) in [4.78, 5) is 10.4.